The molecule has 0 bridgehead atoms. The monoisotopic (exact) mass is 465 g/mol. The van der Waals surface area contributed by atoms with Crippen LogP contribution in [-0.4, -0.2) is 44.2 Å². The van der Waals surface area contributed by atoms with Crippen LogP contribution in [-0.2, 0) is 16.1 Å². The van der Waals surface area contributed by atoms with E-state index in [2.05, 4.69) is 15.4 Å². The molecule has 0 unspecified atom stereocenters. The fraction of sp³-hybridized carbons (Fsp3) is 0.227. The van der Waals surface area contributed by atoms with Gasteiger partial charge in [-0.25, -0.2) is 14.5 Å². The van der Waals surface area contributed by atoms with Crippen molar-refractivity contribution in [1.29, 1.82) is 0 Å². The summed E-state index contributed by atoms with van der Waals surface area (Å²) in [6.07, 6.45) is 0.629. The summed E-state index contributed by atoms with van der Waals surface area (Å²) in [5, 5.41) is 18.1. The molecule has 1 aliphatic rings. The van der Waals surface area contributed by atoms with E-state index in [0.717, 1.165) is 21.0 Å². The van der Waals surface area contributed by atoms with Crippen molar-refractivity contribution in [1.82, 2.24) is 20.0 Å². The standard InChI is InChI=1S/C22H19N5O3S2/c1-2-26-17-8-7-14(11-15(17)23-25-26)22(29)30-13-21(28)27-18(20-6-4-10-32-20)12-16(24-27)19-5-3-9-31-19/h3-11,18H,2,12-13H2,1H3/t18-/m1/s1. The van der Waals surface area contributed by atoms with Gasteiger partial charge in [0.2, 0.25) is 0 Å². The van der Waals surface area contributed by atoms with Crippen LogP contribution in [0.15, 0.2) is 58.3 Å². The molecule has 1 atom stereocenters. The van der Waals surface area contributed by atoms with Crippen LogP contribution in [0.2, 0.25) is 0 Å². The highest BCUT2D eigenvalue weighted by atomic mass is 32.1. The third-order valence-electron chi connectivity index (χ3n) is 5.22. The van der Waals surface area contributed by atoms with E-state index < -0.39 is 5.97 Å². The minimum absolute atomic E-state index is 0.196. The molecule has 0 fully saturated rings. The number of hydrogen-bond acceptors (Lipinski definition) is 8. The molecule has 4 heterocycles. The van der Waals surface area contributed by atoms with E-state index in [9.17, 15) is 9.59 Å². The molecule has 1 aliphatic heterocycles. The first-order chi connectivity index (χ1) is 15.6. The Balaban J connectivity index is 1.31. The molecule has 1 amide bonds. The maximum atomic E-state index is 13.0. The molecular weight excluding hydrogens is 446 g/mol. The van der Waals surface area contributed by atoms with E-state index in [1.165, 1.54) is 5.01 Å². The van der Waals surface area contributed by atoms with Crippen LogP contribution in [0.25, 0.3) is 11.0 Å². The Labute approximate surface area is 191 Å². The van der Waals surface area contributed by atoms with Crippen molar-refractivity contribution in [2.75, 3.05) is 6.61 Å². The lowest BCUT2D eigenvalue weighted by Gasteiger charge is -2.20. The van der Waals surface area contributed by atoms with E-state index in [0.29, 0.717) is 24.0 Å². The molecule has 4 aromatic rings. The van der Waals surface area contributed by atoms with Crippen molar-refractivity contribution < 1.29 is 14.3 Å². The molecule has 1 aromatic carbocycles. The predicted octanol–water partition coefficient (Wildman–Crippen LogP) is 4.11. The van der Waals surface area contributed by atoms with Gasteiger partial charge in [-0.3, -0.25) is 4.79 Å². The summed E-state index contributed by atoms with van der Waals surface area (Å²) in [6.45, 7) is 2.27. The van der Waals surface area contributed by atoms with Crippen LogP contribution >= 0.6 is 22.7 Å². The fourth-order valence-corrected chi connectivity index (χ4v) is 5.18. The average Bonchev–Trinajstić information content (AvgIpc) is 3.62. The lowest BCUT2D eigenvalue weighted by Crippen LogP contribution is -2.31. The summed E-state index contributed by atoms with van der Waals surface area (Å²) in [4.78, 5) is 27.6. The zero-order valence-corrected chi connectivity index (χ0v) is 18.8. The number of rotatable bonds is 6. The average molecular weight is 466 g/mol. The third kappa shape index (κ3) is 3.82. The van der Waals surface area contributed by atoms with E-state index in [1.807, 2.05) is 41.9 Å². The van der Waals surface area contributed by atoms with E-state index in [-0.39, 0.29) is 18.6 Å². The van der Waals surface area contributed by atoms with Gasteiger partial charge in [0.15, 0.2) is 6.61 Å². The summed E-state index contributed by atoms with van der Waals surface area (Å²) in [7, 11) is 0. The fourth-order valence-electron chi connectivity index (χ4n) is 3.64. The first kappa shape index (κ1) is 20.5. The second kappa shape index (κ2) is 8.64. The number of aromatic nitrogens is 3. The minimum atomic E-state index is -0.583. The number of thiophene rings is 2. The first-order valence-corrected chi connectivity index (χ1v) is 11.9. The Bertz CT molecular complexity index is 1290. The molecule has 0 spiro atoms. The zero-order valence-electron chi connectivity index (χ0n) is 17.2. The molecule has 0 saturated heterocycles. The van der Waals surface area contributed by atoms with Crippen LogP contribution < -0.4 is 0 Å². The molecule has 10 heteroatoms. The zero-order chi connectivity index (χ0) is 22.1. The first-order valence-electron chi connectivity index (χ1n) is 10.1. The molecule has 0 aliphatic carbocycles. The van der Waals surface area contributed by atoms with Crippen molar-refractivity contribution in [3.05, 3.63) is 68.5 Å². The molecule has 0 N–H and O–H groups in total. The van der Waals surface area contributed by atoms with Gasteiger partial charge in [0.25, 0.3) is 5.91 Å². The summed E-state index contributed by atoms with van der Waals surface area (Å²) >= 11 is 3.17. The molecule has 8 nitrogen and oxygen atoms in total. The molecule has 3 aromatic heterocycles. The quantitative estimate of drug-likeness (QED) is 0.400. The van der Waals surface area contributed by atoms with Crippen LogP contribution in [0.3, 0.4) is 0 Å². The number of hydrazone groups is 1. The van der Waals surface area contributed by atoms with Crippen molar-refractivity contribution in [3.63, 3.8) is 0 Å². The van der Waals surface area contributed by atoms with Gasteiger partial charge in [-0.1, -0.05) is 17.3 Å². The van der Waals surface area contributed by atoms with Crippen molar-refractivity contribution in [3.8, 4) is 0 Å². The number of carbonyl (C=O) groups excluding carboxylic acids is 2. The number of hydrogen-bond donors (Lipinski definition) is 0. The molecule has 162 valence electrons. The maximum Gasteiger partial charge on any atom is 0.338 e. The Morgan fingerprint density at radius 2 is 2.00 bits per heavy atom. The largest absolute Gasteiger partial charge is 0.452 e. The van der Waals surface area contributed by atoms with Gasteiger partial charge in [-0.05, 0) is 48.0 Å². The molecule has 0 saturated carbocycles. The molecule has 0 radical (unpaired) electrons. The van der Waals surface area contributed by atoms with Gasteiger partial charge in [0.05, 0.1) is 27.7 Å². The third-order valence-corrected chi connectivity index (χ3v) is 7.11. The van der Waals surface area contributed by atoms with E-state index >= 15 is 0 Å². The number of aryl methyl sites for hydroxylation is 1. The van der Waals surface area contributed by atoms with Crippen LogP contribution in [0.4, 0.5) is 0 Å². The highest BCUT2D eigenvalue weighted by molar-refractivity contribution is 7.12. The minimum Gasteiger partial charge on any atom is -0.452 e. The number of carbonyl (C=O) groups is 2. The van der Waals surface area contributed by atoms with Gasteiger partial charge in [0.1, 0.15) is 5.52 Å². The van der Waals surface area contributed by atoms with Crippen LogP contribution in [0, 0.1) is 0 Å². The van der Waals surface area contributed by atoms with Gasteiger partial charge >= 0.3 is 5.97 Å². The lowest BCUT2D eigenvalue weighted by atomic mass is 10.1. The molecule has 32 heavy (non-hydrogen) atoms. The Hall–Kier alpha value is -3.37. The normalized spacial score (nSPS) is 15.8. The van der Waals surface area contributed by atoms with Gasteiger partial charge in [-0.2, -0.15) is 5.10 Å². The summed E-state index contributed by atoms with van der Waals surface area (Å²) < 4.78 is 7.07. The van der Waals surface area contributed by atoms with Crippen LogP contribution in [0.1, 0.15) is 39.5 Å². The number of nitrogens with zero attached hydrogens (tertiary/aromatic N) is 5. The highest BCUT2D eigenvalue weighted by Gasteiger charge is 2.34. The Morgan fingerprint density at radius 1 is 1.16 bits per heavy atom. The number of benzene rings is 1. The number of amides is 1. The van der Waals surface area contributed by atoms with Crippen molar-refractivity contribution >= 4 is 51.3 Å². The summed E-state index contributed by atoms with van der Waals surface area (Å²) in [5.74, 6) is -0.943. The van der Waals surface area contributed by atoms with Crippen LogP contribution in [0.5, 0.6) is 0 Å². The van der Waals surface area contributed by atoms with E-state index in [1.54, 1.807) is 45.6 Å². The maximum absolute atomic E-state index is 13.0. The second-order valence-electron chi connectivity index (χ2n) is 7.18. The summed E-state index contributed by atoms with van der Waals surface area (Å²) in [6, 6.07) is 12.8. The van der Waals surface area contributed by atoms with Crippen molar-refractivity contribution in [2.24, 2.45) is 5.10 Å². The van der Waals surface area contributed by atoms with Gasteiger partial charge in [0, 0.05) is 17.8 Å². The van der Waals surface area contributed by atoms with Gasteiger partial charge in [-0.15, -0.1) is 27.8 Å². The van der Waals surface area contributed by atoms with Gasteiger partial charge < -0.3 is 4.74 Å². The lowest BCUT2D eigenvalue weighted by molar-refractivity contribution is -0.136. The SMILES string of the molecule is CCn1nnc2cc(C(=O)OCC(=O)N3N=C(c4cccs4)C[C@@H]3c3cccs3)ccc21. The smallest absolute Gasteiger partial charge is 0.338 e. The Morgan fingerprint density at radius 3 is 2.75 bits per heavy atom. The highest BCUT2D eigenvalue weighted by Crippen LogP contribution is 2.35. The van der Waals surface area contributed by atoms with Crippen molar-refractivity contribution in [2.45, 2.75) is 25.9 Å². The molecular formula is C22H19N5O3S2. The number of esters is 1. The number of ether oxygens (including phenoxy) is 1. The topological polar surface area (TPSA) is 89.7 Å². The van der Waals surface area contributed by atoms with E-state index in [4.69, 9.17) is 4.74 Å². The number of fused-ring (bicyclic) bond motifs is 1. The summed E-state index contributed by atoms with van der Waals surface area (Å²) in [5.41, 5.74) is 2.64. The predicted molar refractivity (Wildman–Crippen MR) is 123 cm³/mol. The molecule has 5 rings (SSSR count). The second-order valence-corrected chi connectivity index (χ2v) is 9.11. The Kier molecular flexibility index (Phi) is 5.54.